The molecule has 1 aromatic carbocycles. The molecule has 1 aliphatic rings. The first-order valence-electron chi connectivity index (χ1n) is 7.65. The van der Waals surface area contributed by atoms with Gasteiger partial charge in [0.05, 0.1) is 11.6 Å². The number of aromatic nitrogens is 2. The number of hydrogen-bond donors (Lipinski definition) is 2. The van der Waals surface area contributed by atoms with Gasteiger partial charge in [0.1, 0.15) is 17.8 Å². The van der Waals surface area contributed by atoms with Crippen LogP contribution in [0.15, 0.2) is 36.7 Å². The van der Waals surface area contributed by atoms with Crippen LogP contribution in [0.1, 0.15) is 41.7 Å². The fourth-order valence-electron chi connectivity index (χ4n) is 2.66. The van der Waals surface area contributed by atoms with E-state index in [1.54, 1.807) is 30.3 Å². The summed E-state index contributed by atoms with van der Waals surface area (Å²) in [7, 11) is 0. The highest BCUT2D eigenvalue weighted by Crippen LogP contribution is 2.21. The maximum absolute atomic E-state index is 12.3. The zero-order valence-corrected chi connectivity index (χ0v) is 12.6. The first kappa shape index (κ1) is 15.0. The van der Waals surface area contributed by atoms with Gasteiger partial charge >= 0.3 is 0 Å². The Morgan fingerprint density at radius 2 is 1.91 bits per heavy atom. The Morgan fingerprint density at radius 1 is 1.17 bits per heavy atom. The van der Waals surface area contributed by atoms with Gasteiger partial charge in [0.25, 0.3) is 5.91 Å². The first-order valence-corrected chi connectivity index (χ1v) is 7.65. The molecule has 0 radical (unpaired) electrons. The molecule has 0 aliphatic heterocycles. The van der Waals surface area contributed by atoms with Crippen LogP contribution in [0.3, 0.4) is 0 Å². The third-order valence-electron chi connectivity index (χ3n) is 3.88. The van der Waals surface area contributed by atoms with Gasteiger partial charge in [0.2, 0.25) is 0 Å². The smallest absolute Gasteiger partial charge is 0.274 e. The van der Waals surface area contributed by atoms with Gasteiger partial charge in [-0.2, -0.15) is 5.26 Å². The van der Waals surface area contributed by atoms with Gasteiger partial charge in [-0.25, -0.2) is 9.97 Å². The van der Waals surface area contributed by atoms with Gasteiger partial charge in [-0.1, -0.05) is 12.8 Å². The van der Waals surface area contributed by atoms with Crippen LogP contribution in [-0.2, 0) is 0 Å². The molecule has 0 spiro atoms. The second kappa shape index (κ2) is 6.88. The van der Waals surface area contributed by atoms with Gasteiger partial charge in [-0.3, -0.25) is 4.79 Å². The van der Waals surface area contributed by atoms with Crippen molar-refractivity contribution in [3.05, 3.63) is 47.9 Å². The summed E-state index contributed by atoms with van der Waals surface area (Å²) in [6, 6.07) is 10.8. The summed E-state index contributed by atoms with van der Waals surface area (Å²) >= 11 is 0. The van der Waals surface area contributed by atoms with E-state index in [2.05, 4.69) is 20.6 Å². The number of hydrogen-bond acceptors (Lipinski definition) is 5. The predicted molar refractivity (Wildman–Crippen MR) is 87.0 cm³/mol. The number of amides is 1. The Balaban J connectivity index is 1.67. The molecule has 1 aliphatic carbocycles. The van der Waals surface area contributed by atoms with Crippen LogP contribution in [0, 0.1) is 11.3 Å². The Labute approximate surface area is 134 Å². The zero-order valence-electron chi connectivity index (χ0n) is 12.6. The van der Waals surface area contributed by atoms with E-state index in [4.69, 9.17) is 5.26 Å². The molecule has 0 atom stereocenters. The van der Waals surface area contributed by atoms with Gasteiger partial charge in [0.15, 0.2) is 0 Å². The van der Waals surface area contributed by atoms with Crippen molar-refractivity contribution in [2.75, 3.05) is 10.6 Å². The van der Waals surface area contributed by atoms with Crippen molar-refractivity contribution in [2.24, 2.45) is 0 Å². The third-order valence-corrected chi connectivity index (χ3v) is 3.88. The summed E-state index contributed by atoms with van der Waals surface area (Å²) < 4.78 is 0. The third kappa shape index (κ3) is 3.83. The number of rotatable bonds is 4. The average Bonchev–Trinajstić information content (AvgIpc) is 3.09. The molecule has 3 rings (SSSR count). The standard InChI is InChI=1S/C17H17N5O/c18-10-12-5-7-14(8-6-12)22-17(23)15-9-16(20-11-19-15)21-13-3-1-2-4-13/h5-9,11,13H,1-4H2,(H,22,23)(H,19,20,21). The molecular formula is C17H17N5O. The highest BCUT2D eigenvalue weighted by atomic mass is 16.1. The second-order valence-electron chi connectivity index (χ2n) is 5.56. The molecule has 2 aromatic rings. The lowest BCUT2D eigenvalue weighted by Gasteiger charge is -2.12. The van der Waals surface area contributed by atoms with E-state index in [1.807, 2.05) is 6.07 Å². The van der Waals surface area contributed by atoms with Crippen molar-refractivity contribution in [1.29, 1.82) is 5.26 Å². The fourth-order valence-corrected chi connectivity index (χ4v) is 2.66. The van der Waals surface area contributed by atoms with Crippen molar-refractivity contribution >= 4 is 17.4 Å². The van der Waals surface area contributed by atoms with Crippen molar-refractivity contribution in [3.63, 3.8) is 0 Å². The fraction of sp³-hybridized carbons (Fsp3) is 0.294. The van der Waals surface area contributed by atoms with Crippen LogP contribution in [0.2, 0.25) is 0 Å². The normalized spacial score (nSPS) is 14.2. The van der Waals surface area contributed by atoms with E-state index in [9.17, 15) is 4.79 Å². The average molecular weight is 307 g/mol. The highest BCUT2D eigenvalue weighted by molar-refractivity contribution is 6.03. The molecule has 1 aromatic heterocycles. The van der Waals surface area contributed by atoms with Gasteiger partial charge in [0, 0.05) is 17.8 Å². The topological polar surface area (TPSA) is 90.7 Å². The number of nitriles is 1. The van der Waals surface area contributed by atoms with Crippen molar-refractivity contribution < 1.29 is 4.79 Å². The highest BCUT2D eigenvalue weighted by Gasteiger charge is 2.16. The summed E-state index contributed by atoms with van der Waals surface area (Å²) in [6.07, 6.45) is 6.13. The van der Waals surface area contributed by atoms with Gasteiger partial charge in [-0.15, -0.1) is 0 Å². The largest absolute Gasteiger partial charge is 0.367 e. The number of nitrogens with zero attached hydrogens (tertiary/aromatic N) is 3. The number of anilines is 2. The Hall–Kier alpha value is -2.94. The second-order valence-corrected chi connectivity index (χ2v) is 5.56. The summed E-state index contributed by atoms with van der Waals surface area (Å²) in [4.78, 5) is 20.5. The molecule has 2 N–H and O–H groups in total. The Kier molecular flexibility index (Phi) is 4.48. The minimum atomic E-state index is -0.299. The minimum absolute atomic E-state index is 0.299. The number of benzene rings is 1. The van der Waals surface area contributed by atoms with Crippen LogP contribution in [0.5, 0.6) is 0 Å². The van der Waals surface area contributed by atoms with Crippen LogP contribution in [0.4, 0.5) is 11.5 Å². The molecule has 116 valence electrons. The number of carbonyl (C=O) groups is 1. The Morgan fingerprint density at radius 3 is 2.61 bits per heavy atom. The molecule has 1 amide bonds. The summed E-state index contributed by atoms with van der Waals surface area (Å²) in [5.74, 6) is 0.378. The van der Waals surface area contributed by atoms with Gasteiger partial charge in [-0.05, 0) is 37.1 Å². The summed E-state index contributed by atoms with van der Waals surface area (Å²) in [5.41, 5.74) is 1.48. The van der Waals surface area contributed by atoms with Crippen LogP contribution >= 0.6 is 0 Å². The van der Waals surface area contributed by atoms with Crippen molar-refractivity contribution in [1.82, 2.24) is 9.97 Å². The van der Waals surface area contributed by atoms with Crippen molar-refractivity contribution in [2.45, 2.75) is 31.7 Å². The summed E-state index contributed by atoms with van der Waals surface area (Å²) in [5, 5.41) is 14.9. The maximum atomic E-state index is 12.3. The minimum Gasteiger partial charge on any atom is -0.367 e. The van der Waals surface area contributed by atoms with Crippen LogP contribution < -0.4 is 10.6 Å². The lowest BCUT2D eigenvalue weighted by atomic mass is 10.2. The molecule has 0 unspecified atom stereocenters. The molecule has 0 saturated heterocycles. The molecule has 1 heterocycles. The molecular weight excluding hydrogens is 290 g/mol. The maximum Gasteiger partial charge on any atom is 0.274 e. The Bertz CT molecular complexity index is 729. The molecule has 23 heavy (non-hydrogen) atoms. The first-order chi connectivity index (χ1) is 11.2. The van der Waals surface area contributed by atoms with Crippen LogP contribution in [0.25, 0.3) is 0 Å². The van der Waals surface area contributed by atoms with E-state index in [-0.39, 0.29) is 5.91 Å². The summed E-state index contributed by atoms with van der Waals surface area (Å²) in [6.45, 7) is 0. The molecule has 1 saturated carbocycles. The van der Waals surface area contributed by atoms with E-state index in [0.717, 1.165) is 12.8 Å². The molecule has 6 heteroatoms. The molecule has 1 fully saturated rings. The lowest BCUT2D eigenvalue weighted by molar-refractivity contribution is 0.102. The number of nitrogens with one attached hydrogen (secondary N) is 2. The van der Waals surface area contributed by atoms with E-state index in [0.29, 0.717) is 28.8 Å². The predicted octanol–water partition coefficient (Wildman–Crippen LogP) is 2.96. The van der Waals surface area contributed by atoms with Gasteiger partial charge < -0.3 is 10.6 Å². The number of carbonyl (C=O) groups excluding carboxylic acids is 1. The van der Waals surface area contributed by atoms with Crippen LogP contribution in [-0.4, -0.2) is 21.9 Å². The quantitative estimate of drug-likeness (QED) is 0.906. The molecule has 6 nitrogen and oxygen atoms in total. The van der Waals surface area contributed by atoms with E-state index >= 15 is 0 Å². The monoisotopic (exact) mass is 307 g/mol. The SMILES string of the molecule is N#Cc1ccc(NC(=O)c2cc(NC3CCCC3)ncn2)cc1. The van der Waals surface area contributed by atoms with E-state index < -0.39 is 0 Å². The van der Waals surface area contributed by atoms with E-state index in [1.165, 1.54) is 19.2 Å². The lowest BCUT2D eigenvalue weighted by Crippen LogP contribution is -2.18. The zero-order chi connectivity index (χ0) is 16.1. The van der Waals surface area contributed by atoms with Crippen molar-refractivity contribution in [3.8, 4) is 6.07 Å². The molecule has 0 bridgehead atoms.